The Hall–Kier alpha value is -0.870. The van der Waals surface area contributed by atoms with E-state index in [4.69, 9.17) is 4.74 Å². The van der Waals surface area contributed by atoms with Gasteiger partial charge in [-0.2, -0.15) is 0 Å². The molecule has 14 heavy (non-hydrogen) atoms. The highest BCUT2D eigenvalue weighted by Crippen LogP contribution is 1.92. The van der Waals surface area contributed by atoms with Crippen LogP contribution < -0.4 is 5.32 Å². The summed E-state index contributed by atoms with van der Waals surface area (Å²) < 4.78 is 7.22. The van der Waals surface area contributed by atoms with E-state index >= 15 is 0 Å². The van der Waals surface area contributed by atoms with Gasteiger partial charge in [0.2, 0.25) is 0 Å². The molecule has 0 aromatic carbocycles. The molecule has 0 saturated heterocycles. The van der Waals surface area contributed by atoms with Gasteiger partial charge in [0.25, 0.3) is 0 Å². The molecule has 1 N–H and O–H groups in total. The highest BCUT2D eigenvalue weighted by molar-refractivity contribution is 4.76. The van der Waals surface area contributed by atoms with Gasteiger partial charge in [0.15, 0.2) is 0 Å². The Kier molecular flexibility index (Phi) is 4.62. The van der Waals surface area contributed by atoms with E-state index in [1.807, 2.05) is 12.5 Å². The zero-order valence-corrected chi connectivity index (χ0v) is 9.10. The molecule has 2 atom stereocenters. The molecule has 0 fully saturated rings. The van der Waals surface area contributed by atoms with E-state index in [1.165, 1.54) is 0 Å². The Morgan fingerprint density at radius 1 is 1.50 bits per heavy atom. The summed E-state index contributed by atoms with van der Waals surface area (Å²) in [7, 11) is 1.73. The lowest BCUT2D eigenvalue weighted by Gasteiger charge is -2.17. The number of aromatic nitrogens is 2. The van der Waals surface area contributed by atoms with Gasteiger partial charge in [-0.25, -0.2) is 4.98 Å². The van der Waals surface area contributed by atoms with Gasteiger partial charge in [-0.1, -0.05) is 0 Å². The Morgan fingerprint density at radius 3 is 2.86 bits per heavy atom. The summed E-state index contributed by atoms with van der Waals surface area (Å²) in [6.45, 7) is 6.03. The molecule has 0 saturated carbocycles. The lowest BCUT2D eigenvalue weighted by atomic mass is 10.3. The third-order valence-corrected chi connectivity index (χ3v) is 2.20. The summed E-state index contributed by atoms with van der Waals surface area (Å²) in [6, 6.07) is 0.432. The standard InChI is InChI=1S/C10H19N3O/c1-9(12-6-10(2)14-3)7-13-5-4-11-8-13/h4-5,8-10,12H,6-7H2,1-3H3. The van der Waals surface area contributed by atoms with Crippen LogP contribution in [0.1, 0.15) is 13.8 Å². The first-order valence-electron chi connectivity index (χ1n) is 4.94. The molecule has 0 aliphatic heterocycles. The lowest BCUT2D eigenvalue weighted by Crippen LogP contribution is -2.35. The molecule has 4 heteroatoms. The van der Waals surface area contributed by atoms with Crippen molar-refractivity contribution in [3.05, 3.63) is 18.7 Å². The van der Waals surface area contributed by atoms with E-state index in [-0.39, 0.29) is 6.10 Å². The van der Waals surface area contributed by atoms with E-state index in [0.29, 0.717) is 6.04 Å². The van der Waals surface area contributed by atoms with Gasteiger partial charge in [0.1, 0.15) is 0 Å². The van der Waals surface area contributed by atoms with Gasteiger partial charge in [-0.05, 0) is 13.8 Å². The fraction of sp³-hybridized carbons (Fsp3) is 0.700. The van der Waals surface area contributed by atoms with Crippen LogP contribution in [0.15, 0.2) is 18.7 Å². The largest absolute Gasteiger partial charge is 0.380 e. The number of rotatable bonds is 6. The third-order valence-electron chi connectivity index (χ3n) is 2.20. The molecular formula is C10H19N3O. The fourth-order valence-electron chi connectivity index (χ4n) is 1.23. The number of methoxy groups -OCH3 is 1. The number of nitrogens with one attached hydrogen (secondary N) is 1. The van der Waals surface area contributed by atoms with Crippen LogP contribution in [-0.4, -0.2) is 35.4 Å². The van der Waals surface area contributed by atoms with Gasteiger partial charge in [0.05, 0.1) is 12.4 Å². The van der Waals surface area contributed by atoms with Crippen molar-refractivity contribution < 1.29 is 4.74 Å². The van der Waals surface area contributed by atoms with Crippen LogP contribution in [0.4, 0.5) is 0 Å². The zero-order valence-electron chi connectivity index (χ0n) is 9.10. The van der Waals surface area contributed by atoms with E-state index in [1.54, 1.807) is 13.3 Å². The molecule has 0 aliphatic rings. The van der Waals surface area contributed by atoms with Crippen LogP contribution in [0.3, 0.4) is 0 Å². The van der Waals surface area contributed by atoms with Gasteiger partial charge < -0.3 is 14.6 Å². The summed E-state index contributed by atoms with van der Waals surface area (Å²) in [5, 5.41) is 3.40. The second kappa shape index (κ2) is 5.78. The van der Waals surface area contributed by atoms with Crippen molar-refractivity contribution in [3.8, 4) is 0 Å². The van der Waals surface area contributed by atoms with Crippen molar-refractivity contribution in [2.24, 2.45) is 0 Å². The molecular weight excluding hydrogens is 178 g/mol. The Morgan fingerprint density at radius 2 is 2.29 bits per heavy atom. The first kappa shape index (κ1) is 11.2. The van der Waals surface area contributed by atoms with E-state index in [0.717, 1.165) is 13.1 Å². The second-order valence-electron chi connectivity index (χ2n) is 3.62. The molecule has 80 valence electrons. The average molecular weight is 197 g/mol. The number of hydrogen-bond acceptors (Lipinski definition) is 3. The zero-order chi connectivity index (χ0) is 10.4. The second-order valence-corrected chi connectivity index (χ2v) is 3.62. The smallest absolute Gasteiger partial charge is 0.0946 e. The van der Waals surface area contributed by atoms with Crippen molar-refractivity contribution in [1.82, 2.24) is 14.9 Å². The topological polar surface area (TPSA) is 39.1 Å². The van der Waals surface area contributed by atoms with E-state index < -0.39 is 0 Å². The maximum absolute atomic E-state index is 5.15. The molecule has 0 radical (unpaired) electrons. The number of nitrogens with zero attached hydrogens (tertiary/aromatic N) is 2. The Balaban J connectivity index is 2.19. The number of imidazole rings is 1. The van der Waals surface area contributed by atoms with Gasteiger partial charge in [0, 0.05) is 38.6 Å². The van der Waals surface area contributed by atoms with Crippen molar-refractivity contribution in [2.45, 2.75) is 32.5 Å². The molecule has 0 bridgehead atoms. The summed E-state index contributed by atoms with van der Waals surface area (Å²) in [4.78, 5) is 4.00. The highest BCUT2D eigenvalue weighted by Gasteiger charge is 2.04. The monoisotopic (exact) mass is 197 g/mol. The fourth-order valence-corrected chi connectivity index (χ4v) is 1.23. The summed E-state index contributed by atoms with van der Waals surface area (Å²) >= 11 is 0. The van der Waals surface area contributed by atoms with Crippen molar-refractivity contribution >= 4 is 0 Å². The lowest BCUT2D eigenvalue weighted by molar-refractivity contribution is 0.114. The van der Waals surface area contributed by atoms with Crippen molar-refractivity contribution in [2.75, 3.05) is 13.7 Å². The summed E-state index contributed by atoms with van der Waals surface area (Å²) in [5.74, 6) is 0. The first-order chi connectivity index (χ1) is 6.72. The molecule has 2 unspecified atom stereocenters. The van der Waals surface area contributed by atoms with Crippen LogP contribution in [-0.2, 0) is 11.3 Å². The molecule has 4 nitrogen and oxygen atoms in total. The normalized spacial score (nSPS) is 15.4. The minimum Gasteiger partial charge on any atom is -0.380 e. The number of ether oxygens (including phenoxy) is 1. The maximum Gasteiger partial charge on any atom is 0.0946 e. The minimum absolute atomic E-state index is 0.264. The van der Waals surface area contributed by atoms with Crippen LogP contribution >= 0.6 is 0 Å². The quantitative estimate of drug-likeness (QED) is 0.736. The number of hydrogen-bond donors (Lipinski definition) is 1. The van der Waals surface area contributed by atoms with Gasteiger partial charge in [-0.15, -0.1) is 0 Å². The maximum atomic E-state index is 5.15. The van der Waals surface area contributed by atoms with E-state index in [9.17, 15) is 0 Å². The predicted molar refractivity (Wildman–Crippen MR) is 56.2 cm³/mol. The first-order valence-corrected chi connectivity index (χ1v) is 4.94. The summed E-state index contributed by atoms with van der Waals surface area (Å²) in [6.07, 6.45) is 5.86. The van der Waals surface area contributed by atoms with Crippen LogP contribution in [0, 0.1) is 0 Å². The molecule has 1 aromatic rings. The van der Waals surface area contributed by atoms with E-state index in [2.05, 4.69) is 28.7 Å². The Labute approximate surface area is 85.3 Å². The SMILES string of the molecule is COC(C)CNC(C)Cn1ccnc1. The molecule has 1 heterocycles. The average Bonchev–Trinajstić information content (AvgIpc) is 2.66. The molecule has 0 amide bonds. The van der Waals surface area contributed by atoms with Crippen molar-refractivity contribution in [1.29, 1.82) is 0 Å². The van der Waals surface area contributed by atoms with Gasteiger partial charge in [-0.3, -0.25) is 0 Å². The predicted octanol–water partition coefficient (Wildman–Crippen LogP) is 0.896. The molecule has 1 rings (SSSR count). The summed E-state index contributed by atoms with van der Waals surface area (Å²) in [5.41, 5.74) is 0. The molecule has 1 aromatic heterocycles. The van der Waals surface area contributed by atoms with Crippen molar-refractivity contribution in [3.63, 3.8) is 0 Å². The van der Waals surface area contributed by atoms with Crippen LogP contribution in [0.5, 0.6) is 0 Å². The minimum atomic E-state index is 0.264. The van der Waals surface area contributed by atoms with Crippen LogP contribution in [0.2, 0.25) is 0 Å². The van der Waals surface area contributed by atoms with Crippen LogP contribution in [0.25, 0.3) is 0 Å². The molecule has 0 spiro atoms. The molecule has 0 aliphatic carbocycles. The van der Waals surface area contributed by atoms with Gasteiger partial charge >= 0.3 is 0 Å². The third kappa shape index (κ3) is 3.89. The Bertz CT molecular complexity index is 236. The highest BCUT2D eigenvalue weighted by atomic mass is 16.5.